The number of fused-ring (bicyclic) bond motifs is 1. The second-order valence-corrected chi connectivity index (χ2v) is 3.20. The van der Waals surface area contributed by atoms with Crippen LogP contribution >= 0.6 is 0 Å². The summed E-state index contributed by atoms with van der Waals surface area (Å²) in [7, 11) is 0. The van der Waals surface area contributed by atoms with Crippen molar-refractivity contribution in [2.45, 2.75) is 20.8 Å². The lowest BCUT2D eigenvalue weighted by atomic mass is 10.2. The van der Waals surface area contributed by atoms with E-state index in [0.29, 0.717) is 0 Å². The molecule has 0 unspecified atom stereocenters. The summed E-state index contributed by atoms with van der Waals surface area (Å²) in [5, 5.41) is 1.10. The molecule has 0 aliphatic heterocycles. The molecule has 0 spiro atoms. The van der Waals surface area contributed by atoms with Crippen LogP contribution in [0.1, 0.15) is 17.2 Å². The molecule has 0 bridgehead atoms. The van der Waals surface area contributed by atoms with Crippen LogP contribution in [-0.2, 0) is 0 Å². The predicted octanol–water partition coefficient (Wildman–Crippen LogP) is 1.95. The maximum atomic E-state index is 4.30. The van der Waals surface area contributed by atoms with Gasteiger partial charge in [0.15, 0.2) is 0 Å². The van der Waals surface area contributed by atoms with Crippen molar-refractivity contribution in [2.24, 2.45) is 0 Å². The molecule has 13 heavy (non-hydrogen) atoms. The summed E-state index contributed by atoms with van der Waals surface area (Å²) in [5.74, 6) is 0.802. The predicted molar refractivity (Wildman–Crippen MR) is 51.5 cm³/mol. The first kappa shape index (κ1) is 8.10. The molecule has 0 radical (unpaired) electrons. The Labute approximate surface area is 76.9 Å². The molecule has 0 fully saturated rings. The number of hydrogen-bond donors (Lipinski definition) is 0. The largest absolute Gasteiger partial charge is 0.259 e. The molecule has 0 amide bonds. The van der Waals surface area contributed by atoms with Crippen LogP contribution in [0.2, 0.25) is 0 Å². The molecule has 66 valence electrons. The third-order valence-electron chi connectivity index (χ3n) is 2.02. The van der Waals surface area contributed by atoms with Gasteiger partial charge in [0.05, 0.1) is 11.7 Å². The zero-order valence-corrected chi connectivity index (χ0v) is 8.00. The average molecular weight is 173 g/mol. The normalized spacial score (nSPS) is 10.7. The molecule has 0 aromatic carbocycles. The molecule has 0 aliphatic carbocycles. The van der Waals surface area contributed by atoms with Gasteiger partial charge in [0.2, 0.25) is 0 Å². The lowest BCUT2D eigenvalue weighted by molar-refractivity contribution is 1.04. The van der Waals surface area contributed by atoms with Gasteiger partial charge in [0.25, 0.3) is 0 Å². The van der Waals surface area contributed by atoms with Crippen molar-refractivity contribution in [1.29, 1.82) is 0 Å². The van der Waals surface area contributed by atoms with E-state index in [1.807, 2.05) is 26.8 Å². The van der Waals surface area contributed by atoms with E-state index < -0.39 is 0 Å². The Kier molecular flexibility index (Phi) is 1.72. The highest BCUT2D eigenvalue weighted by Crippen LogP contribution is 2.14. The zero-order chi connectivity index (χ0) is 9.42. The quantitative estimate of drug-likeness (QED) is 0.611. The third-order valence-corrected chi connectivity index (χ3v) is 2.02. The van der Waals surface area contributed by atoms with Crippen LogP contribution in [0, 0.1) is 20.8 Å². The highest BCUT2D eigenvalue weighted by Gasteiger charge is 2.01. The van der Waals surface area contributed by atoms with Crippen molar-refractivity contribution in [2.75, 3.05) is 0 Å². The summed E-state index contributed by atoms with van der Waals surface area (Å²) < 4.78 is 0. The van der Waals surface area contributed by atoms with E-state index in [1.165, 1.54) is 0 Å². The highest BCUT2D eigenvalue weighted by atomic mass is 14.9. The van der Waals surface area contributed by atoms with Crippen LogP contribution in [0.5, 0.6) is 0 Å². The number of hydrogen-bond acceptors (Lipinski definition) is 3. The summed E-state index contributed by atoms with van der Waals surface area (Å²) in [6, 6.07) is 2.02. The monoisotopic (exact) mass is 173 g/mol. The molecular weight excluding hydrogens is 162 g/mol. The van der Waals surface area contributed by atoms with Gasteiger partial charge in [-0.05, 0) is 26.8 Å². The summed E-state index contributed by atoms with van der Waals surface area (Å²) in [4.78, 5) is 12.8. The van der Waals surface area contributed by atoms with Gasteiger partial charge in [-0.3, -0.25) is 4.98 Å². The molecule has 2 rings (SSSR count). The van der Waals surface area contributed by atoms with Crippen LogP contribution in [0.3, 0.4) is 0 Å². The molecule has 3 nitrogen and oxygen atoms in total. The van der Waals surface area contributed by atoms with Crippen LogP contribution in [0.15, 0.2) is 12.3 Å². The smallest absolute Gasteiger partial charge is 0.126 e. The van der Waals surface area contributed by atoms with Crippen LogP contribution in [0.4, 0.5) is 0 Å². The Morgan fingerprint density at radius 1 is 1.08 bits per heavy atom. The zero-order valence-electron chi connectivity index (χ0n) is 8.00. The fourth-order valence-electron chi connectivity index (χ4n) is 1.43. The Balaban J connectivity index is 2.87. The van der Waals surface area contributed by atoms with Crippen molar-refractivity contribution >= 4 is 10.9 Å². The SMILES string of the molecule is Cc1cc2c(C)nc(C)nc2cn1. The summed E-state index contributed by atoms with van der Waals surface area (Å²) in [6.07, 6.45) is 1.80. The minimum Gasteiger partial charge on any atom is -0.259 e. The third kappa shape index (κ3) is 1.37. The van der Waals surface area contributed by atoms with Crippen LogP contribution in [0.25, 0.3) is 10.9 Å². The Hall–Kier alpha value is -1.51. The number of rotatable bonds is 0. The lowest BCUT2D eigenvalue weighted by Crippen LogP contribution is -1.94. The van der Waals surface area contributed by atoms with E-state index in [1.54, 1.807) is 6.20 Å². The Bertz CT molecular complexity index is 463. The highest BCUT2D eigenvalue weighted by molar-refractivity contribution is 5.80. The Morgan fingerprint density at radius 3 is 2.62 bits per heavy atom. The minimum atomic E-state index is 0.802. The van der Waals surface area contributed by atoms with Gasteiger partial charge in [0, 0.05) is 16.8 Å². The van der Waals surface area contributed by atoms with E-state index >= 15 is 0 Å². The van der Waals surface area contributed by atoms with Crippen LogP contribution in [-0.4, -0.2) is 15.0 Å². The molecule has 0 saturated heterocycles. The topological polar surface area (TPSA) is 38.7 Å². The molecule has 0 saturated carbocycles. The van der Waals surface area contributed by atoms with Crippen molar-refractivity contribution in [3.05, 3.63) is 29.5 Å². The van der Waals surface area contributed by atoms with Gasteiger partial charge in [-0.15, -0.1) is 0 Å². The average Bonchev–Trinajstić information content (AvgIpc) is 2.06. The first-order chi connectivity index (χ1) is 6.16. The molecule has 2 aromatic rings. The number of aromatic nitrogens is 3. The standard InChI is InChI=1S/C10H11N3/c1-6-4-9-7(2)12-8(3)13-10(9)5-11-6/h4-5H,1-3H3. The molecule has 2 heterocycles. The lowest BCUT2D eigenvalue weighted by Gasteiger charge is -2.02. The van der Waals surface area contributed by atoms with Gasteiger partial charge in [0.1, 0.15) is 5.82 Å². The minimum absolute atomic E-state index is 0.802. The summed E-state index contributed by atoms with van der Waals surface area (Å²) in [5.41, 5.74) is 2.95. The maximum absolute atomic E-state index is 4.30. The van der Waals surface area contributed by atoms with E-state index in [0.717, 1.165) is 28.1 Å². The second-order valence-electron chi connectivity index (χ2n) is 3.20. The van der Waals surface area contributed by atoms with Crippen molar-refractivity contribution in [1.82, 2.24) is 15.0 Å². The first-order valence-corrected chi connectivity index (χ1v) is 4.24. The molecule has 0 atom stereocenters. The van der Waals surface area contributed by atoms with E-state index in [4.69, 9.17) is 0 Å². The summed E-state index contributed by atoms with van der Waals surface area (Å²) in [6.45, 7) is 5.86. The van der Waals surface area contributed by atoms with E-state index in [9.17, 15) is 0 Å². The fourth-order valence-corrected chi connectivity index (χ4v) is 1.43. The van der Waals surface area contributed by atoms with Crippen LogP contribution < -0.4 is 0 Å². The maximum Gasteiger partial charge on any atom is 0.126 e. The van der Waals surface area contributed by atoms with E-state index in [-0.39, 0.29) is 0 Å². The molecule has 0 N–H and O–H groups in total. The molecule has 0 aliphatic rings. The number of pyridine rings is 1. The molecular formula is C10H11N3. The van der Waals surface area contributed by atoms with Gasteiger partial charge >= 0.3 is 0 Å². The molecule has 2 aromatic heterocycles. The number of aryl methyl sites for hydroxylation is 3. The van der Waals surface area contributed by atoms with Crippen molar-refractivity contribution < 1.29 is 0 Å². The molecule has 3 heteroatoms. The summed E-state index contributed by atoms with van der Waals surface area (Å²) >= 11 is 0. The van der Waals surface area contributed by atoms with Gasteiger partial charge in [-0.1, -0.05) is 0 Å². The first-order valence-electron chi connectivity index (χ1n) is 4.24. The second kappa shape index (κ2) is 2.76. The number of nitrogens with zero attached hydrogens (tertiary/aromatic N) is 3. The van der Waals surface area contributed by atoms with Crippen molar-refractivity contribution in [3.8, 4) is 0 Å². The van der Waals surface area contributed by atoms with Gasteiger partial charge in [-0.2, -0.15) is 0 Å². The van der Waals surface area contributed by atoms with Crippen molar-refractivity contribution in [3.63, 3.8) is 0 Å². The van der Waals surface area contributed by atoms with E-state index in [2.05, 4.69) is 15.0 Å². The van der Waals surface area contributed by atoms with Gasteiger partial charge in [-0.25, -0.2) is 9.97 Å². The Morgan fingerprint density at radius 2 is 1.85 bits per heavy atom. The van der Waals surface area contributed by atoms with Gasteiger partial charge < -0.3 is 0 Å². The fraction of sp³-hybridized carbons (Fsp3) is 0.300.